The Bertz CT molecular complexity index is 369. The molecule has 0 saturated heterocycles. The Morgan fingerprint density at radius 2 is 1.80 bits per heavy atom. The van der Waals surface area contributed by atoms with Gasteiger partial charge in [0.05, 0.1) is 5.92 Å². The highest BCUT2D eigenvalue weighted by Gasteiger charge is 2.20. The predicted molar refractivity (Wildman–Crippen MR) is 61.1 cm³/mol. The van der Waals surface area contributed by atoms with E-state index in [4.69, 9.17) is 5.11 Å². The van der Waals surface area contributed by atoms with Gasteiger partial charge in [-0.15, -0.1) is 0 Å². The number of hydrogen-bond donors (Lipinski definition) is 1. The van der Waals surface area contributed by atoms with E-state index >= 15 is 0 Å². The van der Waals surface area contributed by atoms with Gasteiger partial charge in [-0.3, -0.25) is 4.79 Å². The summed E-state index contributed by atoms with van der Waals surface area (Å²) in [4.78, 5) is 10.9. The lowest BCUT2D eigenvalue weighted by atomic mass is 9.87. The van der Waals surface area contributed by atoms with Crippen LogP contribution in [-0.4, -0.2) is 11.1 Å². The van der Waals surface area contributed by atoms with Gasteiger partial charge in [-0.1, -0.05) is 32.0 Å². The minimum atomic E-state index is -0.735. The van der Waals surface area contributed by atoms with Crippen molar-refractivity contribution in [2.45, 2.75) is 33.6 Å². The van der Waals surface area contributed by atoms with Crippen molar-refractivity contribution in [3.05, 3.63) is 34.9 Å². The Hall–Kier alpha value is -1.31. The van der Waals surface area contributed by atoms with Crippen LogP contribution in [0.1, 0.15) is 36.5 Å². The van der Waals surface area contributed by atoms with E-state index in [2.05, 4.69) is 26.0 Å². The molecule has 1 N–H and O–H groups in total. The highest BCUT2D eigenvalue weighted by Crippen LogP contribution is 2.25. The van der Waals surface area contributed by atoms with Crippen LogP contribution in [0.25, 0.3) is 0 Å². The zero-order valence-electron chi connectivity index (χ0n) is 9.74. The first-order valence-electron chi connectivity index (χ1n) is 5.23. The van der Waals surface area contributed by atoms with E-state index in [9.17, 15) is 4.79 Å². The molecule has 0 saturated carbocycles. The summed E-state index contributed by atoms with van der Waals surface area (Å²) in [6.45, 7) is 7.83. The maximum Gasteiger partial charge on any atom is 0.306 e. The van der Waals surface area contributed by atoms with E-state index in [0.29, 0.717) is 0 Å². The van der Waals surface area contributed by atoms with Crippen LogP contribution in [0.3, 0.4) is 0 Å². The first-order chi connectivity index (χ1) is 6.93. The number of aliphatic carboxylic acids is 1. The number of aryl methyl sites for hydroxylation is 2. The fourth-order valence-corrected chi connectivity index (χ4v) is 1.55. The molecule has 1 rings (SSSR count). The van der Waals surface area contributed by atoms with Crippen LogP contribution in [0.5, 0.6) is 0 Å². The SMILES string of the molecule is Cc1ccc(C(C)C(C)C(=O)O)cc1C. The molecule has 2 heteroatoms. The highest BCUT2D eigenvalue weighted by atomic mass is 16.4. The molecule has 2 unspecified atom stereocenters. The molecule has 0 fully saturated rings. The third-order valence-electron chi connectivity index (χ3n) is 3.20. The van der Waals surface area contributed by atoms with E-state index in [0.717, 1.165) is 5.56 Å². The fourth-order valence-electron chi connectivity index (χ4n) is 1.55. The normalized spacial score (nSPS) is 14.7. The van der Waals surface area contributed by atoms with Gasteiger partial charge in [0.1, 0.15) is 0 Å². The lowest BCUT2D eigenvalue weighted by Gasteiger charge is -2.17. The number of benzene rings is 1. The molecule has 1 aromatic carbocycles. The minimum absolute atomic E-state index is 0.0572. The lowest BCUT2D eigenvalue weighted by Crippen LogP contribution is -2.16. The minimum Gasteiger partial charge on any atom is -0.481 e. The monoisotopic (exact) mass is 206 g/mol. The Morgan fingerprint density at radius 1 is 1.20 bits per heavy atom. The molecular weight excluding hydrogens is 188 g/mol. The summed E-state index contributed by atoms with van der Waals surface area (Å²) >= 11 is 0. The van der Waals surface area contributed by atoms with Gasteiger partial charge in [0.2, 0.25) is 0 Å². The van der Waals surface area contributed by atoms with Crippen molar-refractivity contribution in [2.75, 3.05) is 0 Å². The average Bonchev–Trinajstić information content (AvgIpc) is 2.19. The van der Waals surface area contributed by atoms with Crippen LogP contribution in [0.4, 0.5) is 0 Å². The van der Waals surface area contributed by atoms with Crippen molar-refractivity contribution in [2.24, 2.45) is 5.92 Å². The van der Waals surface area contributed by atoms with Gasteiger partial charge in [-0.05, 0) is 36.5 Å². The number of hydrogen-bond acceptors (Lipinski definition) is 1. The summed E-state index contributed by atoms with van der Waals surface area (Å²) in [5, 5.41) is 8.94. The van der Waals surface area contributed by atoms with Crippen molar-refractivity contribution in [3.63, 3.8) is 0 Å². The Morgan fingerprint density at radius 3 is 2.27 bits per heavy atom. The van der Waals surface area contributed by atoms with Crippen LogP contribution < -0.4 is 0 Å². The average molecular weight is 206 g/mol. The van der Waals surface area contributed by atoms with Crippen molar-refractivity contribution in [1.82, 2.24) is 0 Å². The molecule has 0 aliphatic rings. The molecule has 0 aliphatic carbocycles. The molecular formula is C13H18O2. The molecule has 82 valence electrons. The third kappa shape index (κ3) is 2.58. The molecule has 15 heavy (non-hydrogen) atoms. The van der Waals surface area contributed by atoms with Crippen molar-refractivity contribution >= 4 is 5.97 Å². The van der Waals surface area contributed by atoms with Gasteiger partial charge in [0.15, 0.2) is 0 Å². The van der Waals surface area contributed by atoms with E-state index < -0.39 is 5.97 Å². The Labute approximate surface area is 90.9 Å². The van der Waals surface area contributed by atoms with Crippen LogP contribution in [-0.2, 0) is 4.79 Å². The van der Waals surface area contributed by atoms with Crippen LogP contribution in [0.2, 0.25) is 0 Å². The molecule has 0 amide bonds. The zero-order chi connectivity index (χ0) is 11.6. The van der Waals surface area contributed by atoms with Gasteiger partial charge >= 0.3 is 5.97 Å². The number of carboxylic acid groups (broad SMARTS) is 1. The lowest BCUT2D eigenvalue weighted by molar-refractivity contribution is -0.141. The smallest absolute Gasteiger partial charge is 0.306 e. The van der Waals surface area contributed by atoms with Crippen molar-refractivity contribution in [1.29, 1.82) is 0 Å². The highest BCUT2D eigenvalue weighted by molar-refractivity contribution is 5.70. The Balaban J connectivity index is 2.96. The first kappa shape index (κ1) is 11.8. The quantitative estimate of drug-likeness (QED) is 0.825. The molecule has 0 aromatic heterocycles. The number of carboxylic acids is 1. The molecule has 2 nitrogen and oxygen atoms in total. The molecule has 0 spiro atoms. The maximum absolute atomic E-state index is 10.9. The molecule has 0 bridgehead atoms. The largest absolute Gasteiger partial charge is 0.481 e. The third-order valence-corrected chi connectivity index (χ3v) is 3.20. The van der Waals surface area contributed by atoms with E-state index in [1.54, 1.807) is 6.92 Å². The van der Waals surface area contributed by atoms with Crippen LogP contribution in [0.15, 0.2) is 18.2 Å². The van der Waals surface area contributed by atoms with Gasteiger partial charge in [-0.25, -0.2) is 0 Å². The summed E-state index contributed by atoms with van der Waals surface area (Å²) in [5.41, 5.74) is 3.57. The number of rotatable bonds is 3. The second-order valence-corrected chi connectivity index (χ2v) is 4.26. The van der Waals surface area contributed by atoms with Gasteiger partial charge in [0.25, 0.3) is 0 Å². The summed E-state index contributed by atoms with van der Waals surface area (Å²) in [6, 6.07) is 6.15. The summed E-state index contributed by atoms with van der Waals surface area (Å²) in [6.07, 6.45) is 0. The van der Waals surface area contributed by atoms with Crippen LogP contribution in [0, 0.1) is 19.8 Å². The molecule has 1 aromatic rings. The van der Waals surface area contributed by atoms with Crippen molar-refractivity contribution < 1.29 is 9.90 Å². The van der Waals surface area contributed by atoms with E-state index in [1.165, 1.54) is 11.1 Å². The maximum atomic E-state index is 10.9. The summed E-state index contributed by atoms with van der Waals surface area (Å²) in [7, 11) is 0. The predicted octanol–water partition coefficient (Wildman–Crippen LogP) is 3.13. The Kier molecular flexibility index (Phi) is 3.51. The summed E-state index contributed by atoms with van der Waals surface area (Å²) < 4.78 is 0. The second-order valence-electron chi connectivity index (χ2n) is 4.26. The van der Waals surface area contributed by atoms with E-state index in [1.807, 2.05) is 13.0 Å². The van der Waals surface area contributed by atoms with Crippen molar-refractivity contribution in [3.8, 4) is 0 Å². The van der Waals surface area contributed by atoms with Gasteiger partial charge in [-0.2, -0.15) is 0 Å². The molecule has 2 atom stereocenters. The zero-order valence-corrected chi connectivity index (χ0v) is 9.74. The number of carbonyl (C=O) groups is 1. The van der Waals surface area contributed by atoms with E-state index in [-0.39, 0.29) is 11.8 Å². The van der Waals surface area contributed by atoms with Crippen LogP contribution >= 0.6 is 0 Å². The standard InChI is InChI=1S/C13H18O2/c1-8-5-6-12(7-9(8)2)10(3)11(4)13(14)15/h5-7,10-11H,1-4H3,(H,14,15). The van der Waals surface area contributed by atoms with Gasteiger partial charge < -0.3 is 5.11 Å². The first-order valence-corrected chi connectivity index (χ1v) is 5.23. The summed E-state index contributed by atoms with van der Waals surface area (Å²) in [5.74, 6) is -1.02. The molecule has 0 aliphatic heterocycles. The molecule has 0 radical (unpaired) electrons. The molecule has 0 heterocycles. The topological polar surface area (TPSA) is 37.3 Å². The van der Waals surface area contributed by atoms with Gasteiger partial charge in [0, 0.05) is 0 Å². The fraction of sp³-hybridized carbons (Fsp3) is 0.462. The second kappa shape index (κ2) is 4.47.